The van der Waals surface area contributed by atoms with Crippen molar-refractivity contribution in [3.63, 3.8) is 0 Å². The fraction of sp³-hybridized carbons (Fsp3) is 0. The molecule has 2 heterocycles. The van der Waals surface area contributed by atoms with Crippen LogP contribution in [-0.4, -0.2) is 15.9 Å². The Balaban J connectivity index is 1.73. The lowest BCUT2D eigenvalue weighted by Crippen LogP contribution is -2.10. The van der Waals surface area contributed by atoms with Gasteiger partial charge in [-0.05, 0) is 23.6 Å². The zero-order valence-electron chi connectivity index (χ0n) is 10.9. The Bertz CT molecular complexity index is 730. The third kappa shape index (κ3) is 3.43. The number of ether oxygens (including phenoxy) is 1. The third-order valence-corrected chi connectivity index (χ3v) is 3.32. The summed E-state index contributed by atoms with van der Waals surface area (Å²) in [7, 11) is 0. The highest BCUT2D eigenvalue weighted by Crippen LogP contribution is 2.22. The molecule has 0 saturated heterocycles. The molecule has 104 valence electrons. The average molecular weight is 297 g/mol. The molecule has 0 atom stereocenters. The van der Waals surface area contributed by atoms with Crippen molar-refractivity contribution in [3.05, 3.63) is 65.2 Å². The van der Waals surface area contributed by atoms with Gasteiger partial charge in [0.1, 0.15) is 5.75 Å². The van der Waals surface area contributed by atoms with Crippen LogP contribution in [0.2, 0.25) is 0 Å². The Hall–Kier alpha value is -2.73. The van der Waals surface area contributed by atoms with Gasteiger partial charge in [-0.2, -0.15) is 11.3 Å². The zero-order chi connectivity index (χ0) is 14.5. The minimum atomic E-state index is -0.145. The summed E-state index contributed by atoms with van der Waals surface area (Å²) in [5.41, 5.74) is 1.30. The molecule has 0 radical (unpaired) electrons. The minimum absolute atomic E-state index is 0.145. The number of nitrogens with one attached hydrogen (secondary N) is 1. The van der Waals surface area contributed by atoms with E-state index in [1.807, 2.05) is 5.38 Å². The average Bonchev–Trinajstić information content (AvgIpc) is 3.03. The summed E-state index contributed by atoms with van der Waals surface area (Å²) in [5, 5.41) is 6.49. The summed E-state index contributed by atoms with van der Waals surface area (Å²) in [6, 6.07) is 8.90. The molecule has 0 saturated carbocycles. The second-order valence-electron chi connectivity index (χ2n) is 4.14. The lowest BCUT2D eigenvalue weighted by Gasteiger charge is -2.07. The summed E-state index contributed by atoms with van der Waals surface area (Å²) < 4.78 is 5.57. The number of hydrogen-bond donors (Lipinski definition) is 1. The van der Waals surface area contributed by atoms with E-state index in [4.69, 9.17) is 4.74 Å². The first kappa shape index (κ1) is 13.3. The van der Waals surface area contributed by atoms with Crippen molar-refractivity contribution in [2.75, 3.05) is 5.32 Å². The van der Waals surface area contributed by atoms with Gasteiger partial charge in [-0.1, -0.05) is 6.07 Å². The molecular formula is C15H11N3O2S. The molecule has 0 unspecified atom stereocenters. The van der Waals surface area contributed by atoms with Gasteiger partial charge in [0.05, 0.1) is 11.8 Å². The summed E-state index contributed by atoms with van der Waals surface area (Å²) in [6.45, 7) is 0. The van der Waals surface area contributed by atoms with Crippen LogP contribution in [0.25, 0.3) is 0 Å². The maximum Gasteiger partial charge on any atom is 0.256 e. The number of rotatable bonds is 4. The van der Waals surface area contributed by atoms with Gasteiger partial charge in [-0.25, -0.2) is 4.98 Å². The normalized spacial score (nSPS) is 10.1. The van der Waals surface area contributed by atoms with Gasteiger partial charge in [0, 0.05) is 29.5 Å². The monoisotopic (exact) mass is 297 g/mol. The molecule has 1 aromatic carbocycles. The Morgan fingerprint density at radius 2 is 2.19 bits per heavy atom. The number of thiophene rings is 1. The van der Waals surface area contributed by atoms with E-state index in [1.54, 1.807) is 48.1 Å². The van der Waals surface area contributed by atoms with E-state index in [0.717, 1.165) is 0 Å². The first-order valence-electron chi connectivity index (χ1n) is 6.19. The van der Waals surface area contributed by atoms with Crippen molar-refractivity contribution >= 4 is 22.9 Å². The van der Waals surface area contributed by atoms with Gasteiger partial charge in [0.15, 0.2) is 0 Å². The molecular weight excluding hydrogens is 286 g/mol. The standard InChI is InChI=1S/C15H11N3O2S/c19-15(11-4-7-21-10-11)18-12-2-1-3-13(8-12)20-14-9-16-5-6-17-14/h1-10H,(H,18,19). The second kappa shape index (κ2) is 6.15. The van der Waals surface area contributed by atoms with Gasteiger partial charge >= 0.3 is 0 Å². The van der Waals surface area contributed by atoms with Crippen molar-refractivity contribution in [1.82, 2.24) is 9.97 Å². The van der Waals surface area contributed by atoms with Crippen LogP contribution in [0.1, 0.15) is 10.4 Å². The van der Waals surface area contributed by atoms with E-state index in [1.165, 1.54) is 17.5 Å². The van der Waals surface area contributed by atoms with Gasteiger partial charge in [-0.15, -0.1) is 0 Å². The van der Waals surface area contributed by atoms with Crippen LogP contribution in [0.5, 0.6) is 11.6 Å². The predicted octanol–water partition coefficient (Wildman–Crippen LogP) is 3.58. The van der Waals surface area contributed by atoms with Crippen molar-refractivity contribution in [2.45, 2.75) is 0 Å². The number of carbonyl (C=O) groups is 1. The number of anilines is 1. The fourth-order valence-corrected chi connectivity index (χ4v) is 2.33. The Morgan fingerprint density at radius 1 is 1.24 bits per heavy atom. The summed E-state index contributed by atoms with van der Waals surface area (Å²) in [6.07, 6.45) is 4.65. The summed E-state index contributed by atoms with van der Waals surface area (Å²) in [4.78, 5) is 19.9. The SMILES string of the molecule is O=C(Nc1cccc(Oc2cnccn2)c1)c1ccsc1. The highest BCUT2D eigenvalue weighted by Gasteiger charge is 2.07. The fourth-order valence-electron chi connectivity index (χ4n) is 1.69. The molecule has 2 aromatic heterocycles. The van der Waals surface area contributed by atoms with Crippen molar-refractivity contribution in [1.29, 1.82) is 0 Å². The lowest BCUT2D eigenvalue weighted by molar-refractivity contribution is 0.102. The van der Waals surface area contributed by atoms with E-state index in [9.17, 15) is 4.79 Å². The topological polar surface area (TPSA) is 64.1 Å². The Kier molecular flexibility index (Phi) is 3.88. The molecule has 6 heteroatoms. The van der Waals surface area contributed by atoms with E-state index < -0.39 is 0 Å². The van der Waals surface area contributed by atoms with Crippen LogP contribution < -0.4 is 10.1 Å². The summed E-state index contributed by atoms with van der Waals surface area (Å²) in [5.74, 6) is 0.838. The number of nitrogens with zero attached hydrogens (tertiary/aromatic N) is 2. The van der Waals surface area contributed by atoms with Crippen molar-refractivity contribution in [2.24, 2.45) is 0 Å². The smallest absolute Gasteiger partial charge is 0.256 e. The number of aromatic nitrogens is 2. The van der Waals surface area contributed by atoms with Crippen molar-refractivity contribution < 1.29 is 9.53 Å². The molecule has 3 aromatic rings. The van der Waals surface area contributed by atoms with E-state index in [0.29, 0.717) is 22.9 Å². The molecule has 0 aliphatic heterocycles. The van der Waals surface area contributed by atoms with Gasteiger partial charge in [0.25, 0.3) is 5.91 Å². The zero-order valence-corrected chi connectivity index (χ0v) is 11.7. The Morgan fingerprint density at radius 3 is 2.95 bits per heavy atom. The molecule has 21 heavy (non-hydrogen) atoms. The third-order valence-electron chi connectivity index (χ3n) is 2.64. The highest BCUT2D eigenvalue weighted by molar-refractivity contribution is 7.08. The largest absolute Gasteiger partial charge is 0.437 e. The molecule has 5 nitrogen and oxygen atoms in total. The first-order valence-corrected chi connectivity index (χ1v) is 7.13. The first-order chi connectivity index (χ1) is 10.3. The highest BCUT2D eigenvalue weighted by atomic mass is 32.1. The van der Waals surface area contributed by atoms with Crippen LogP contribution in [-0.2, 0) is 0 Å². The maximum atomic E-state index is 12.0. The molecule has 0 spiro atoms. The van der Waals surface area contributed by atoms with E-state index in [-0.39, 0.29) is 5.91 Å². The molecule has 0 bridgehead atoms. The molecule has 0 fully saturated rings. The predicted molar refractivity (Wildman–Crippen MR) is 80.8 cm³/mol. The molecule has 0 aliphatic rings. The second-order valence-corrected chi connectivity index (χ2v) is 4.92. The van der Waals surface area contributed by atoms with Crippen molar-refractivity contribution in [3.8, 4) is 11.6 Å². The van der Waals surface area contributed by atoms with Crippen LogP contribution >= 0.6 is 11.3 Å². The minimum Gasteiger partial charge on any atom is -0.437 e. The molecule has 3 rings (SSSR count). The number of amides is 1. The number of benzene rings is 1. The lowest BCUT2D eigenvalue weighted by atomic mass is 10.2. The van der Waals surface area contributed by atoms with E-state index >= 15 is 0 Å². The van der Waals surface area contributed by atoms with Gasteiger partial charge in [-0.3, -0.25) is 9.78 Å². The maximum absolute atomic E-state index is 12.0. The molecule has 0 aliphatic carbocycles. The Labute approximate surface area is 125 Å². The van der Waals surface area contributed by atoms with Crippen LogP contribution in [0.3, 0.4) is 0 Å². The van der Waals surface area contributed by atoms with Crippen LogP contribution in [0, 0.1) is 0 Å². The van der Waals surface area contributed by atoms with Gasteiger partial charge in [0.2, 0.25) is 5.88 Å². The van der Waals surface area contributed by atoms with E-state index in [2.05, 4.69) is 15.3 Å². The molecule has 1 N–H and O–H groups in total. The quantitative estimate of drug-likeness (QED) is 0.799. The van der Waals surface area contributed by atoms with Crippen LogP contribution in [0.4, 0.5) is 5.69 Å². The molecule has 1 amide bonds. The number of hydrogen-bond acceptors (Lipinski definition) is 5. The summed E-state index contributed by atoms with van der Waals surface area (Å²) >= 11 is 1.48. The number of carbonyl (C=O) groups excluding carboxylic acids is 1. The van der Waals surface area contributed by atoms with Gasteiger partial charge < -0.3 is 10.1 Å². The van der Waals surface area contributed by atoms with Crippen LogP contribution in [0.15, 0.2) is 59.7 Å².